The second kappa shape index (κ2) is 9.77. The number of hydrogen-bond donors (Lipinski definition) is 1. The third kappa shape index (κ3) is 5.00. The Kier molecular flexibility index (Phi) is 7.06. The van der Waals surface area contributed by atoms with Gasteiger partial charge in [0.2, 0.25) is 0 Å². The van der Waals surface area contributed by atoms with Crippen molar-refractivity contribution in [3.63, 3.8) is 0 Å². The zero-order chi connectivity index (χ0) is 22.0. The van der Waals surface area contributed by atoms with E-state index in [0.29, 0.717) is 52.7 Å². The van der Waals surface area contributed by atoms with Gasteiger partial charge in [-0.1, -0.05) is 23.2 Å². The number of morpholine rings is 1. The van der Waals surface area contributed by atoms with Gasteiger partial charge in [-0.3, -0.25) is 9.59 Å². The zero-order valence-electron chi connectivity index (χ0n) is 17.2. The van der Waals surface area contributed by atoms with E-state index in [1.807, 2.05) is 4.90 Å². The maximum absolute atomic E-state index is 13.3. The van der Waals surface area contributed by atoms with E-state index in [-0.39, 0.29) is 11.8 Å². The fourth-order valence-electron chi connectivity index (χ4n) is 3.83. The van der Waals surface area contributed by atoms with Gasteiger partial charge in [0.1, 0.15) is 10.8 Å². The van der Waals surface area contributed by atoms with Crippen molar-refractivity contribution in [3.05, 3.63) is 44.2 Å². The quantitative estimate of drug-likeness (QED) is 0.663. The molecule has 0 unspecified atom stereocenters. The summed E-state index contributed by atoms with van der Waals surface area (Å²) in [7, 11) is 0. The molecule has 0 radical (unpaired) electrons. The van der Waals surface area contributed by atoms with Crippen molar-refractivity contribution >= 4 is 51.4 Å². The largest absolute Gasteiger partial charge is 0.479 e. The summed E-state index contributed by atoms with van der Waals surface area (Å²) < 4.78 is 11.1. The molecule has 9 heteroatoms. The number of aryl methyl sites for hydroxylation is 1. The lowest BCUT2D eigenvalue weighted by Crippen LogP contribution is -2.41. The van der Waals surface area contributed by atoms with E-state index in [9.17, 15) is 9.59 Å². The number of hydrogen-bond acceptors (Lipinski definition) is 5. The van der Waals surface area contributed by atoms with Crippen LogP contribution in [0.25, 0.3) is 0 Å². The lowest BCUT2D eigenvalue weighted by molar-refractivity contribution is -0.122. The number of ether oxygens (including phenoxy) is 2. The average Bonchev–Trinajstić information content (AvgIpc) is 3.13. The first-order valence-electron chi connectivity index (χ1n) is 10.4. The van der Waals surface area contributed by atoms with Crippen LogP contribution in [-0.2, 0) is 22.4 Å². The Morgan fingerprint density at radius 2 is 1.94 bits per heavy atom. The van der Waals surface area contributed by atoms with E-state index in [0.717, 1.165) is 31.2 Å². The van der Waals surface area contributed by atoms with Crippen LogP contribution < -0.4 is 10.1 Å². The van der Waals surface area contributed by atoms with Crippen molar-refractivity contribution in [2.24, 2.45) is 0 Å². The molecule has 1 aromatic heterocycles. The van der Waals surface area contributed by atoms with E-state index >= 15 is 0 Å². The molecule has 6 nitrogen and oxygen atoms in total. The molecule has 1 fully saturated rings. The maximum Gasteiger partial charge on any atom is 0.265 e. The number of nitrogens with zero attached hydrogens (tertiary/aromatic N) is 1. The van der Waals surface area contributed by atoms with Crippen molar-refractivity contribution < 1.29 is 19.1 Å². The Morgan fingerprint density at radius 1 is 1.19 bits per heavy atom. The van der Waals surface area contributed by atoms with Gasteiger partial charge in [-0.15, -0.1) is 11.3 Å². The van der Waals surface area contributed by atoms with E-state index in [1.165, 1.54) is 16.2 Å². The molecular weight excluding hydrogens is 459 g/mol. The maximum atomic E-state index is 13.3. The van der Waals surface area contributed by atoms with Gasteiger partial charge in [-0.25, -0.2) is 0 Å². The highest BCUT2D eigenvalue weighted by Gasteiger charge is 2.31. The molecule has 0 bridgehead atoms. The Bertz CT molecular complexity index is 988. The van der Waals surface area contributed by atoms with Crippen LogP contribution in [0.5, 0.6) is 5.75 Å². The van der Waals surface area contributed by atoms with Crippen LogP contribution in [0.15, 0.2) is 18.2 Å². The number of carbonyl (C=O) groups is 2. The Hall–Kier alpha value is -1.80. The van der Waals surface area contributed by atoms with Crippen molar-refractivity contribution in [1.29, 1.82) is 0 Å². The van der Waals surface area contributed by atoms with Crippen molar-refractivity contribution in [2.75, 3.05) is 31.6 Å². The lowest BCUT2D eigenvalue weighted by Gasteiger charge is -2.28. The van der Waals surface area contributed by atoms with Crippen LogP contribution in [0.3, 0.4) is 0 Å². The average molecular weight is 483 g/mol. The van der Waals surface area contributed by atoms with Crippen LogP contribution in [0.4, 0.5) is 5.00 Å². The number of benzene rings is 1. The van der Waals surface area contributed by atoms with Gasteiger partial charge in [0.25, 0.3) is 11.8 Å². The van der Waals surface area contributed by atoms with Crippen molar-refractivity contribution in [2.45, 2.75) is 38.7 Å². The molecule has 31 heavy (non-hydrogen) atoms. The highest BCUT2D eigenvalue weighted by atomic mass is 35.5. The van der Waals surface area contributed by atoms with Gasteiger partial charge < -0.3 is 19.7 Å². The highest BCUT2D eigenvalue weighted by Crippen LogP contribution is 2.39. The zero-order valence-corrected chi connectivity index (χ0v) is 19.5. The normalized spacial score (nSPS) is 17.1. The van der Waals surface area contributed by atoms with Gasteiger partial charge in [0, 0.05) is 23.0 Å². The molecule has 0 spiro atoms. The third-order valence-corrected chi connectivity index (χ3v) is 7.22. The van der Waals surface area contributed by atoms with Gasteiger partial charge in [0.15, 0.2) is 6.10 Å². The first kappa shape index (κ1) is 22.4. The van der Waals surface area contributed by atoms with Crippen LogP contribution in [0.2, 0.25) is 10.0 Å². The molecule has 2 aromatic rings. The molecule has 4 rings (SSSR count). The summed E-state index contributed by atoms with van der Waals surface area (Å²) in [5.74, 6) is 0.0109. The fourth-order valence-corrected chi connectivity index (χ4v) is 5.57. The topological polar surface area (TPSA) is 67.9 Å². The van der Waals surface area contributed by atoms with Gasteiger partial charge in [0.05, 0.1) is 23.8 Å². The third-order valence-electron chi connectivity index (χ3n) is 5.49. The van der Waals surface area contributed by atoms with E-state index < -0.39 is 6.10 Å². The summed E-state index contributed by atoms with van der Waals surface area (Å²) in [6, 6.07) is 4.85. The highest BCUT2D eigenvalue weighted by molar-refractivity contribution is 7.17. The number of carbonyl (C=O) groups excluding carboxylic acids is 2. The number of nitrogens with one attached hydrogen (secondary N) is 1. The number of anilines is 1. The van der Waals surface area contributed by atoms with Crippen molar-refractivity contribution in [1.82, 2.24) is 4.90 Å². The minimum absolute atomic E-state index is 0.0349. The predicted molar refractivity (Wildman–Crippen MR) is 123 cm³/mol. The summed E-state index contributed by atoms with van der Waals surface area (Å²) in [5.41, 5.74) is 1.71. The van der Waals surface area contributed by atoms with Crippen LogP contribution >= 0.6 is 34.5 Å². The Balaban J connectivity index is 1.55. The monoisotopic (exact) mass is 482 g/mol. The fraction of sp³-hybridized carbons (Fsp3) is 0.455. The van der Waals surface area contributed by atoms with E-state index in [1.54, 1.807) is 25.1 Å². The molecule has 2 amide bonds. The molecule has 166 valence electrons. The first-order valence-corrected chi connectivity index (χ1v) is 12.0. The SMILES string of the molecule is C[C@H](Oc1ccc(Cl)cc1Cl)C(=O)Nc1sc2c(c1C(=O)N1CCOCC1)CCCC2. The number of fused-ring (bicyclic) bond motifs is 1. The van der Waals surface area contributed by atoms with Crippen molar-refractivity contribution in [3.8, 4) is 5.75 Å². The summed E-state index contributed by atoms with van der Waals surface area (Å²) >= 11 is 13.6. The van der Waals surface area contributed by atoms with Crippen LogP contribution in [0, 0.1) is 0 Å². The van der Waals surface area contributed by atoms with Gasteiger partial charge >= 0.3 is 0 Å². The molecular formula is C22H24Cl2N2O4S. The van der Waals surface area contributed by atoms with Crippen LogP contribution in [0.1, 0.15) is 40.6 Å². The molecule has 2 heterocycles. The molecule has 1 atom stereocenters. The smallest absolute Gasteiger partial charge is 0.265 e. The summed E-state index contributed by atoms with van der Waals surface area (Å²) in [5, 5.41) is 4.37. The Morgan fingerprint density at radius 3 is 2.68 bits per heavy atom. The number of rotatable bonds is 5. The second-order valence-electron chi connectivity index (χ2n) is 7.64. The van der Waals surface area contributed by atoms with Gasteiger partial charge in [-0.2, -0.15) is 0 Å². The number of thiophene rings is 1. The molecule has 1 saturated heterocycles. The number of halogens is 2. The molecule has 1 N–H and O–H groups in total. The minimum Gasteiger partial charge on any atom is -0.479 e. The summed E-state index contributed by atoms with van der Waals surface area (Å²) in [6.07, 6.45) is 3.14. The number of amides is 2. The molecule has 1 aliphatic heterocycles. The van der Waals surface area contributed by atoms with Gasteiger partial charge in [-0.05, 0) is 56.4 Å². The lowest BCUT2D eigenvalue weighted by atomic mass is 9.95. The standard InChI is InChI=1S/C22H24Cl2N2O4S/c1-13(30-17-7-6-14(23)12-16(17)24)20(27)25-21-19(15-4-2-3-5-18(15)31-21)22(28)26-8-10-29-11-9-26/h6-7,12-13H,2-5,8-11H2,1H3,(H,25,27)/t13-/m0/s1. The molecule has 1 aliphatic carbocycles. The molecule has 0 saturated carbocycles. The Labute approximate surface area is 195 Å². The summed E-state index contributed by atoms with van der Waals surface area (Å²) in [6.45, 7) is 3.84. The van der Waals surface area contributed by atoms with E-state index in [4.69, 9.17) is 32.7 Å². The summed E-state index contributed by atoms with van der Waals surface area (Å²) in [4.78, 5) is 29.2. The molecule has 1 aromatic carbocycles. The minimum atomic E-state index is -0.802. The van der Waals surface area contributed by atoms with E-state index in [2.05, 4.69) is 5.32 Å². The second-order valence-corrected chi connectivity index (χ2v) is 9.59. The van der Waals surface area contributed by atoms with Crippen LogP contribution in [-0.4, -0.2) is 49.1 Å². The molecule has 2 aliphatic rings. The first-order chi connectivity index (χ1) is 14.9. The predicted octanol–water partition coefficient (Wildman–Crippen LogP) is 4.81.